The lowest BCUT2D eigenvalue weighted by Gasteiger charge is -2.12. The predicted octanol–water partition coefficient (Wildman–Crippen LogP) is 1.82. The Morgan fingerprint density at radius 2 is 2.00 bits per heavy atom. The molecule has 0 aromatic carbocycles. The predicted molar refractivity (Wildman–Crippen MR) is 59.7 cm³/mol. The van der Waals surface area contributed by atoms with Gasteiger partial charge in [0.05, 0.1) is 19.3 Å². The van der Waals surface area contributed by atoms with Gasteiger partial charge in [-0.05, 0) is 39.8 Å². The van der Waals surface area contributed by atoms with Gasteiger partial charge in [0.25, 0.3) is 0 Å². The number of ether oxygens (including phenoxy) is 2. The molecule has 0 heterocycles. The van der Waals surface area contributed by atoms with Crippen LogP contribution in [0.1, 0.15) is 33.6 Å². The molecular formula is C11H25NO2. The highest BCUT2D eigenvalue weighted by atomic mass is 16.5. The van der Waals surface area contributed by atoms with Crippen molar-refractivity contribution in [2.75, 3.05) is 32.9 Å². The number of hydrogen-bond donors (Lipinski definition) is 1. The van der Waals surface area contributed by atoms with Gasteiger partial charge in [0.15, 0.2) is 0 Å². The van der Waals surface area contributed by atoms with Gasteiger partial charge in [0, 0.05) is 6.61 Å². The summed E-state index contributed by atoms with van der Waals surface area (Å²) in [4.78, 5) is 0. The fourth-order valence-corrected chi connectivity index (χ4v) is 1.23. The topological polar surface area (TPSA) is 30.5 Å². The van der Waals surface area contributed by atoms with Crippen molar-refractivity contribution in [3.05, 3.63) is 0 Å². The van der Waals surface area contributed by atoms with Crippen molar-refractivity contribution < 1.29 is 9.47 Å². The van der Waals surface area contributed by atoms with Crippen molar-refractivity contribution >= 4 is 0 Å². The van der Waals surface area contributed by atoms with Crippen LogP contribution >= 0.6 is 0 Å². The molecule has 0 aromatic heterocycles. The third kappa shape index (κ3) is 9.96. The zero-order valence-corrected chi connectivity index (χ0v) is 9.84. The van der Waals surface area contributed by atoms with Crippen molar-refractivity contribution in [3.8, 4) is 0 Å². The Kier molecular flexibility index (Phi) is 10.9. The van der Waals surface area contributed by atoms with Crippen molar-refractivity contribution in [3.63, 3.8) is 0 Å². The normalized spacial score (nSPS) is 13.1. The second-order valence-electron chi connectivity index (χ2n) is 3.37. The molecule has 1 N–H and O–H groups in total. The zero-order chi connectivity index (χ0) is 10.6. The van der Waals surface area contributed by atoms with Crippen molar-refractivity contribution in [2.24, 2.45) is 0 Å². The molecule has 0 aliphatic rings. The van der Waals surface area contributed by atoms with E-state index in [9.17, 15) is 0 Å². The smallest absolute Gasteiger partial charge is 0.0704 e. The largest absolute Gasteiger partial charge is 0.379 e. The summed E-state index contributed by atoms with van der Waals surface area (Å²) in [5.41, 5.74) is 0. The van der Waals surface area contributed by atoms with Crippen molar-refractivity contribution in [1.82, 2.24) is 5.32 Å². The summed E-state index contributed by atoms with van der Waals surface area (Å²) in [6, 6.07) is 0. The molecule has 14 heavy (non-hydrogen) atoms. The Balaban J connectivity index is 3.07. The van der Waals surface area contributed by atoms with Gasteiger partial charge in [-0.3, -0.25) is 0 Å². The maximum Gasteiger partial charge on any atom is 0.0704 e. The molecule has 1 atom stereocenters. The van der Waals surface area contributed by atoms with Crippen LogP contribution in [-0.2, 0) is 9.47 Å². The highest BCUT2D eigenvalue weighted by Crippen LogP contribution is 2.00. The molecule has 0 radical (unpaired) electrons. The summed E-state index contributed by atoms with van der Waals surface area (Å²) in [6.45, 7) is 10.6. The Hall–Kier alpha value is -0.120. The van der Waals surface area contributed by atoms with Gasteiger partial charge in [-0.15, -0.1) is 0 Å². The average Bonchev–Trinajstić information content (AvgIpc) is 2.19. The van der Waals surface area contributed by atoms with Gasteiger partial charge in [0.2, 0.25) is 0 Å². The molecule has 3 heteroatoms. The van der Waals surface area contributed by atoms with E-state index in [2.05, 4.69) is 19.2 Å². The first-order valence-corrected chi connectivity index (χ1v) is 5.71. The van der Waals surface area contributed by atoms with Crippen LogP contribution < -0.4 is 5.32 Å². The lowest BCUT2D eigenvalue weighted by atomic mass is 10.2. The van der Waals surface area contributed by atoms with E-state index in [1.165, 1.54) is 6.42 Å². The molecule has 0 aliphatic heterocycles. The van der Waals surface area contributed by atoms with Gasteiger partial charge < -0.3 is 14.8 Å². The molecule has 0 spiro atoms. The van der Waals surface area contributed by atoms with Gasteiger partial charge in [0.1, 0.15) is 0 Å². The van der Waals surface area contributed by atoms with Gasteiger partial charge in [-0.25, -0.2) is 0 Å². The lowest BCUT2D eigenvalue weighted by Crippen LogP contribution is -2.18. The summed E-state index contributed by atoms with van der Waals surface area (Å²) in [5, 5.41) is 3.30. The fraction of sp³-hybridized carbons (Fsp3) is 1.00. The summed E-state index contributed by atoms with van der Waals surface area (Å²) in [5.74, 6) is 0. The Bertz CT molecular complexity index is 97.5. The first-order chi connectivity index (χ1) is 6.81. The molecule has 0 saturated heterocycles. The van der Waals surface area contributed by atoms with Gasteiger partial charge in [-0.1, -0.05) is 6.92 Å². The molecule has 0 saturated carbocycles. The number of hydrogen-bond acceptors (Lipinski definition) is 3. The third-order valence-corrected chi connectivity index (χ3v) is 2.05. The van der Waals surface area contributed by atoms with Crippen molar-refractivity contribution in [1.29, 1.82) is 0 Å². The van der Waals surface area contributed by atoms with Crippen LogP contribution in [-0.4, -0.2) is 39.0 Å². The molecule has 0 aromatic rings. The molecule has 0 fully saturated rings. The molecule has 3 nitrogen and oxygen atoms in total. The lowest BCUT2D eigenvalue weighted by molar-refractivity contribution is 0.0115. The van der Waals surface area contributed by atoms with Crippen molar-refractivity contribution in [2.45, 2.75) is 39.7 Å². The summed E-state index contributed by atoms with van der Waals surface area (Å²) >= 11 is 0. The van der Waals surface area contributed by atoms with E-state index in [0.717, 1.165) is 32.7 Å². The van der Waals surface area contributed by atoms with Crippen LogP contribution in [0.3, 0.4) is 0 Å². The standard InChI is InChI=1S/C11H25NO2/c1-4-12-8-6-7-11(3)14-10-9-13-5-2/h11-12H,4-10H2,1-3H3. The second-order valence-corrected chi connectivity index (χ2v) is 3.37. The molecule has 1 unspecified atom stereocenters. The van der Waals surface area contributed by atoms with Gasteiger partial charge >= 0.3 is 0 Å². The minimum Gasteiger partial charge on any atom is -0.379 e. The average molecular weight is 203 g/mol. The summed E-state index contributed by atoms with van der Waals surface area (Å²) in [7, 11) is 0. The second kappa shape index (κ2) is 11.0. The minimum atomic E-state index is 0.356. The quantitative estimate of drug-likeness (QED) is 0.549. The Morgan fingerprint density at radius 3 is 2.64 bits per heavy atom. The first kappa shape index (κ1) is 13.9. The van der Waals surface area contributed by atoms with Crippen LogP contribution in [0.2, 0.25) is 0 Å². The fourth-order valence-electron chi connectivity index (χ4n) is 1.23. The summed E-state index contributed by atoms with van der Waals surface area (Å²) < 4.78 is 10.8. The minimum absolute atomic E-state index is 0.356. The molecule has 0 rings (SSSR count). The van der Waals surface area contributed by atoms with Crippen LogP contribution in [0.15, 0.2) is 0 Å². The number of rotatable bonds is 10. The SMILES string of the molecule is CCNCCCC(C)OCCOCC. The van der Waals surface area contributed by atoms with E-state index < -0.39 is 0 Å². The van der Waals surface area contributed by atoms with Crippen LogP contribution in [0.5, 0.6) is 0 Å². The Labute approximate surface area is 88.2 Å². The van der Waals surface area contributed by atoms with Crippen LogP contribution in [0, 0.1) is 0 Å². The maximum absolute atomic E-state index is 5.57. The van der Waals surface area contributed by atoms with E-state index in [-0.39, 0.29) is 0 Å². The van der Waals surface area contributed by atoms with E-state index in [1.807, 2.05) is 6.92 Å². The highest BCUT2D eigenvalue weighted by molar-refractivity contribution is 4.53. The van der Waals surface area contributed by atoms with E-state index in [1.54, 1.807) is 0 Å². The zero-order valence-electron chi connectivity index (χ0n) is 9.84. The van der Waals surface area contributed by atoms with E-state index >= 15 is 0 Å². The molecule has 0 bridgehead atoms. The van der Waals surface area contributed by atoms with Crippen LogP contribution in [0.4, 0.5) is 0 Å². The molecule has 86 valence electrons. The number of nitrogens with one attached hydrogen (secondary N) is 1. The highest BCUT2D eigenvalue weighted by Gasteiger charge is 2.00. The maximum atomic E-state index is 5.57. The monoisotopic (exact) mass is 203 g/mol. The van der Waals surface area contributed by atoms with E-state index in [0.29, 0.717) is 12.7 Å². The molecular weight excluding hydrogens is 178 g/mol. The Morgan fingerprint density at radius 1 is 1.21 bits per heavy atom. The molecule has 0 amide bonds. The van der Waals surface area contributed by atoms with Crippen LogP contribution in [0.25, 0.3) is 0 Å². The first-order valence-electron chi connectivity index (χ1n) is 5.71. The third-order valence-electron chi connectivity index (χ3n) is 2.05. The van der Waals surface area contributed by atoms with E-state index in [4.69, 9.17) is 9.47 Å². The van der Waals surface area contributed by atoms with Gasteiger partial charge in [-0.2, -0.15) is 0 Å². The molecule has 0 aliphatic carbocycles. The summed E-state index contributed by atoms with van der Waals surface area (Å²) in [6.07, 6.45) is 2.66.